The lowest BCUT2D eigenvalue weighted by atomic mass is 9.97. The Morgan fingerprint density at radius 1 is 1.09 bits per heavy atom. The molecule has 4 heterocycles. The summed E-state index contributed by atoms with van der Waals surface area (Å²) in [5.74, 6) is 3.17. The largest absolute Gasteiger partial charge is 0.496 e. The van der Waals surface area contributed by atoms with Crippen molar-refractivity contribution in [2.24, 2.45) is 5.92 Å². The Morgan fingerprint density at radius 2 is 1.97 bits per heavy atom. The highest BCUT2D eigenvalue weighted by atomic mass is 16.5. The van der Waals surface area contributed by atoms with Gasteiger partial charge in [0.2, 0.25) is 5.91 Å². The molecule has 4 aromatic rings. The van der Waals surface area contributed by atoms with Crippen molar-refractivity contribution in [3.8, 4) is 22.8 Å². The SMILES string of the molecule is COc1ccccc1-c1ccc(N2CCCC(C(=O)Nc3cc(-n4ccnc4C)ncn3)C2)nn1. The van der Waals surface area contributed by atoms with E-state index in [0.717, 1.165) is 48.0 Å². The van der Waals surface area contributed by atoms with Crippen LogP contribution in [0.3, 0.4) is 0 Å². The molecule has 10 nitrogen and oxygen atoms in total. The lowest BCUT2D eigenvalue weighted by Crippen LogP contribution is -2.41. The molecule has 1 unspecified atom stereocenters. The van der Waals surface area contributed by atoms with E-state index in [9.17, 15) is 4.79 Å². The van der Waals surface area contributed by atoms with Crippen molar-refractivity contribution in [2.75, 3.05) is 30.4 Å². The van der Waals surface area contributed by atoms with Gasteiger partial charge in [-0.3, -0.25) is 9.36 Å². The summed E-state index contributed by atoms with van der Waals surface area (Å²) in [6.07, 6.45) is 6.65. The predicted molar refractivity (Wildman–Crippen MR) is 131 cm³/mol. The summed E-state index contributed by atoms with van der Waals surface area (Å²) < 4.78 is 7.27. The first-order chi connectivity index (χ1) is 17.1. The standard InChI is InChI=1S/C25H26N8O2/c1-17-26-11-13-33(17)24-14-22(27-16-28-24)29-25(34)18-6-5-12-32(15-18)23-10-9-20(30-31-23)19-7-3-4-8-21(19)35-2/h3-4,7-11,13-14,16,18H,5-6,12,15H2,1-2H3,(H,27,28,29,34). The van der Waals surface area contributed by atoms with Crippen LogP contribution in [0.15, 0.2) is 61.2 Å². The number of piperidine rings is 1. The average molecular weight is 471 g/mol. The van der Waals surface area contributed by atoms with Crippen molar-refractivity contribution in [3.63, 3.8) is 0 Å². The number of nitrogens with one attached hydrogen (secondary N) is 1. The number of aryl methyl sites for hydroxylation is 1. The highest BCUT2D eigenvalue weighted by Gasteiger charge is 2.27. The summed E-state index contributed by atoms with van der Waals surface area (Å²) in [5, 5.41) is 11.8. The van der Waals surface area contributed by atoms with Gasteiger partial charge >= 0.3 is 0 Å². The smallest absolute Gasteiger partial charge is 0.230 e. The third-order valence-corrected chi connectivity index (χ3v) is 6.13. The number of para-hydroxylation sites is 1. The zero-order valence-electron chi connectivity index (χ0n) is 19.6. The number of amides is 1. The van der Waals surface area contributed by atoms with E-state index in [1.54, 1.807) is 19.4 Å². The maximum absolute atomic E-state index is 13.1. The van der Waals surface area contributed by atoms with Crippen molar-refractivity contribution in [1.29, 1.82) is 0 Å². The summed E-state index contributed by atoms with van der Waals surface area (Å²) in [4.78, 5) is 27.9. The number of aromatic nitrogens is 6. The maximum atomic E-state index is 13.1. The average Bonchev–Trinajstić information content (AvgIpc) is 3.35. The molecule has 0 radical (unpaired) electrons. The van der Waals surface area contributed by atoms with Gasteiger partial charge in [-0.2, -0.15) is 0 Å². The van der Waals surface area contributed by atoms with Crippen LogP contribution in [0.4, 0.5) is 11.6 Å². The van der Waals surface area contributed by atoms with Gasteiger partial charge in [0.25, 0.3) is 0 Å². The quantitative estimate of drug-likeness (QED) is 0.457. The van der Waals surface area contributed by atoms with Crippen molar-refractivity contribution in [1.82, 2.24) is 29.7 Å². The van der Waals surface area contributed by atoms with Crippen LogP contribution in [-0.4, -0.2) is 55.8 Å². The molecule has 35 heavy (non-hydrogen) atoms. The number of ether oxygens (including phenoxy) is 1. The Labute approximate surface area is 203 Å². The molecular weight excluding hydrogens is 444 g/mol. The molecule has 1 aromatic carbocycles. The second-order valence-corrected chi connectivity index (χ2v) is 8.36. The lowest BCUT2D eigenvalue weighted by Gasteiger charge is -2.32. The van der Waals surface area contributed by atoms with Gasteiger partial charge in [-0.15, -0.1) is 10.2 Å². The number of hydrogen-bond acceptors (Lipinski definition) is 8. The Kier molecular flexibility index (Phi) is 6.34. The summed E-state index contributed by atoms with van der Waals surface area (Å²) >= 11 is 0. The molecule has 0 bridgehead atoms. The number of rotatable bonds is 6. The minimum absolute atomic E-state index is 0.0692. The van der Waals surface area contributed by atoms with E-state index < -0.39 is 0 Å². The molecule has 178 valence electrons. The second kappa shape index (κ2) is 9.88. The fourth-order valence-electron chi connectivity index (χ4n) is 4.29. The van der Waals surface area contributed by atoms with Crippen LogP contribution in [0.25, 0.3) is 17.1 Å². The maximum Gasteiger partial charge on any atom is 0.230 e. The number of nitrogens with zero attached hydrogens (tertiary/aromatic N) is 7. The van der Waals surface area contributed by atoms with E-state index in [1.165, 1.54) is 6.33 Å². The first-order valence-electron chi connectivity index (χ1n) is 11.5. The lowest BCUT2D eigenvalue weighted by molar-refractivity contribution is -0.120. The number of methoxy groups -OCH3 is 1. The van der Waals surface area contributed by atoms with E-state index in [0.29, 0.717) is 18.2 Å². The number of anilines is 2. The molecule has 3 aromatic heterocycles. The Bertz CT molecular complexity index is 1320. The van der Waals surface area contributed by atoms with E-state index in [-0.39, 0.29) is 11.8 Å². The second-order valence-electron chi connectivity index (χ2n) is 8.36. The molecule has 1 atom stereocenters. The summed E-state index contributed by atoms with van der Waals surface area (Å²) in [6, 6.07) is 13.3. The number of imidazole rings is 1. The number of hydrogen-bond donors (Lipinski definition) is 1. The molecular formula is C25H26N8O2. The topological polar surface area (TPSA) is 111 Å². The molecule has 10 heteroatoms. The molecule has 1 aliphatic rings. The summed E-state index contributed by atoms with van der Waals surface area (Å²) in [5.41, 5.74) is 1.63. The van der Waals surface area contributed by atoms with Crippen LogP contribution < -0.4 is 15.0 Å². The van der Waals surface area contributed by atoms with Gasteiger partial charge in [-0.05, 0) is 44.0 Å². The normalized spacial score (nSPS) is 15.6. The van der Waals surface area contributed by atoms with Crippen molar-refractivity contribution in [2.45, 2.75) is 19.8 Å². The molecule has 1 N–H and O–H groups in total. The molecule has 1 aliphatic heterocycles. The number of carbonyl (C=O) groups excluding carboxylic acids is 1. The minimum atomic E-state index is -0.187. The molecule has 0 aliphatic carbocycles. The first-order valence-corrected chi connectivity index (χ1v) is 11.5. The van der Waals surface area contributed by atoms with E-state index in [1.807, 2.05) is 54.1 Å². The zero-order chi connectivity index (χ0) is 24.2. The molecule has 1 amide bonds. The van der Waals surface area contributed by atoms with E-state index in [2.05, 4.69) is 35.4 Å². The highest BCUT2D eigenvalue weighted by molar-refractivity contribution is 5.92. The van der Waals surface area contributed by atoms with Crippen LogP contribution in [-0.2, 0) is 4.79 Å². The fourth-order valence-corrected chi connectivity index (χ4v) is 4.29. The zero-order valence-corrected chi connectivity index (χ0v) is 19.6. The van der Waals surface area contributed by atoms with Crippen LogP contribution in [0.1, 0.15) is 18.7 Å². The molecule has 0 spiro atoms. The third-order valence-electron chi connectivity index (χ3n) is 6.13. The summed E-state index contributed by atoms with van der Waals surface area (Å²) in [7, 11) is 1.64. The minimum Gasteiger partial charge on any atom is -0.496 e. The Morgan fingerprint density at radius 3 is 2.74 bits per heavy atom. The van der Waals surface area contributed by atoms with Gasteiger partial charge in [0.15, 0.2) is 5.82 Å². The van der Waals surface area contributed by atoms with Crippen molar-refractivity contribution in [3.05, 3.63) is 67.0 Å². The van der Waals surface area contributed by atoms with Gasteiger partial charge in [0.1, 0.15) is 29.5 Å². The van der Waals surface area contributed by atoms with Crippen LogP contribution in [0.2, 0.25) is 0 Å². The molecule has 0 saturated carbocycles. The Balaban J connectivity index is 1.26. The van der Waals surface area contributed by atoms with Gasteiger partial charge in [0.05, 0.1) is 18.7 Å². The first kappa shape index (κ1) is 22.5. The van der Waals surface area contributed by atoms with Gasteiger partial charge in [0, 0.05) is 37.1 Å². The predicted octanol–water partition coefficient (Wildman–Crippen LogP) is 3.29. The van der Waals surface area contributed by atoms with Gasteiger partial charge in [-0.25, -0.2) is 15.0 Å². The molecule has 5 rings (SSSR count). The Hall–Kier alpha value is -4.34. The molecule has 1 saturated heterocycles. The van der Waals surface area contributed by atoms with E-state index >= 15 is 0 Å². The highest BCUT2D eigenvalue weighted by Crippen LogP contribution is 2.29. The number of benzene rings is 1. The third kappa shape index (κ3) is 4.81. The van der Waals surface area contributed by atoms with E-state index in [4.69, 9.17) is 4.74 Å². The van der Waals surface area contributed by atoms with Gasteiger partial charge < -0.3 is 15.0 Å². The molecule has 1 fully saturated rings. The van der Waals surface area contributed by atoms with Crippen molar-refractivity contribution < 1.29 is 9.53 Å². The van der Waals surface area contributed by atoms with Crippen LogP contribution >= 0.6 is 0 Å². The number of carbonyl (C=O) groups is 1. The van der Waals surface area contributed by atoms with Crippen LogP contribution in [0, 0.1) is 12.8 Å². The monoisotopic (exact) mass is 470 g/mol. The van der Waals surface area contributed by atoms with Crippen molar-refractivity contribution >= 4 is 17.5 Å². The summed E-state index contributed by atoms with van der Waals surface area (Å²) in [6.45, 7) is 3.28. The van der Waals surface area contributed by atoms with Crippen LogP contribution in [0.5, 0.6) is 5.75 Å². The fraction of sp³-hybridized carbons (Fsp3) is 0.280. The van der Waals surface area contributed by atoms with Gasteiger partial charge in [-0.1, -0.05) is 12.1 Å².